The zero-order valence-electron chi connectivity index (χ0n) is 9.90. The molecule has 1 heterocycles. The van der Waals surface area contributed by atoms with E-state index in [1.165, 1.54) is 12.1 Å². The molecule has 1 N–H and O–H groups in total. The Hall–Kier alpha value is -1.08. The van der Waals surface area contributed by atoms with Crippen molar-refractivity contribution < 1.29 is 4.39 Å². The van der Waals surface area contributed by atoms with E-state index in [-0.39, 0.29) is 11.9 Å². The summed E-state index contributed by atoms with van der Waals surface area (Å²) in [4.78, 5) is 8.40. The number of nitrogens with one attached hydrogen (secondary N) is 1. The highest BCUT2D eigenvalue weighted by atomic mass is 127. The largest absolute Gasteiger partial charge is 0.305 e. The van der Waals surface area contributed by atoms with Crippen molar-refractivity contribution in [3.8, 4) is 0 Å². The molecule has 0 aliphatic carbocycles. The van der Waals surface area contributed by atoms with E-state index >= 15 is 0 Å². The summed E-state index contributed by atoms with van der Waals surface area (Å²) in [6.07, 6.45) is 5.03. The van der Waals surface area contributed by atoms with Gasteiger partial charge in [0.25, 0.3) is 0 Å². The van der Waals surface area contributed by atoms with Gasteiger partial charge in [0.15, 0.2) is 0 Å². The molecule has 5 heteroatoms. The number of hydrogen-bond acceptors (Lipinski definition) is 3. The van der Waals surface area contributed by atoms with Crippen LogP contribution < -0.4 is 5.32 Å². The molecule has 1 atom stereocenters. The second-order valence-corrected chi connectivity index (χ2v) is 4.95. The Morgan fingerprint density at radius 2 is 2.22 bits per heavy atom. The quantitative estimate of drug-likeness (QED) is 0.856. The fourth-order valence-corrected chi connectivity index (χ4v) is 2.56. The smallest absolute Gasteiger partial charge is 0.124 e. The second kappa shape index (κ2) is 6.19. The molecule has 0 saturated carbocycles. The summed E-state index contributed by atoms with van der Waals surface area (Å²) < 4.78 is 14.0. The van der Waals surface area contributed by atoms with Crippen LogP contribution >= 0.6 is 22.6 Å². The fourth-order valence-electron chi connectivity index (χ4n) is 1.77. The van der Waals surface area contributed by atoms with E-state index in [1.54, 1.807) is 24.7 Å². The molecule has 18 heavy (non-hydrogen) atoms. The lowest BCUT2D eigenvalue weighted by Gasteiger charge is -2.18. The van der Waals surface area contributed by atoms with E-state index in [1.807, 2.05) is 6.92 Å². The molecule has 0 amide bonds. The van der Waals surface area contributed by atoms with E-state index in [4.69, 9.17) is 0 Å². The number of rotatable bonds is 4. The van der Waals surface area contributed by atoms with Crippen LogP contribution in [0, 0.1) is 9.39 Å². The van der Waals surface area contributed by atoms with Crippen LogP contribution in [-0.4, -0.2) is 16.5 Å². The lowest BCUT2D eigenvalue weighted by Crippen LogP contribution is -2.24. The predicted octanol–water partition coefficient (Wildman–Crippen LogP) is 2.92. The second-order valence-electron chi connectivity index (χ2n) is 3.79. The Morgan fingerprint density at radius 1 is 1.39 bits per heavy atom. The number of benzene rings is 1. The van der Waals surface area contributed by atoms with Crippen molar-refractivity contribution in [1.82, 2.24) is 15.3 Å². The minimum Gasteiger partial charge on any atom is -0.305 e. The fraction of sp³-hybridized carbons (Fsp3) is 0.231. The average Bonchev–Trinajstić information content (AvgIpc) is 2.38. The first kappa shape index (κ1) is 13.4. The van der Waals surface area contributed by atoms with Crippen LogP contribution in [0.4, 0.5) is 4.39 Å². The van der Waals surface area contributed by atoms with Crippen LogP contribution in [0.15, 0.2) is 36.8 Å². The van der Waals surface area contributed by atoms with Crippen LogP contribution in [0.2, 0.25) is 0 Å². The molecule has 0 radical (unpaired) electrons. The number of aromatic nitrogens is 2. The summed E-state index contributed by atoms with van der Waals surface area (Å²) in [5, 5.41) is 3.35. The SMILES string of the molecule is CCNC(c1cnccn1)c1ccc(F)cc1I. The van der Waals surface area contributed by atoms with Crippen molar-refractivity contribution in [1.29, 1.82) is 0 Å². The predicted molar refractivity (Wildman–Crippen MR) is 76.7 cm³/mol. The minimum absolute atomic E-state index is 0.0591. The molecule has 1 unspecified atom stereocenters. The Balaban J connectivity index is 2.41. The maximum Gasteiger partial charge on any atom is 0.124 e. The molecule has 2 aromatic rings. The molecule has 0 spiro atoms. The molecule has 3 nitrogen and oxygen atoms in total. The van der Waals surface area contributed by atoms with E-state index in [0.717, 1.165) is 21.4 Å². The van der Waals surface area contributed by atoms with Gasteiger partial charge in [-0.2, -0.15) is 0 Å². The summed E-state index contributed by atoms with van der Waals surface area (Å²) in [6.45, 7) is 2.83. The molecular weight excluding hydrogens is 344 g/mol. The molecule has 1 aromatic heterocycles. The van der Waals surface area contributed by atoms with Crippen molar-refractivity contribution in [2.75, 3.05) is 6.54 Å². The number of hydrogen-bond donors (Lipinski definition) is 1. The number of nitrogens with zero attached hydrogens (tertiary/aromatic N) is 2. The van der Waals surface area contributed by atoms with Gasteiger partial charge in [-0.15, -0.1) is 0 Å². The molecule has 94 valence electrons. The van der Waals surface area contributed by atoms with Crippen molar-refractivity contribution in [3.63, 3.8) is 0 Å². The molecule has 0 fully saturated rings. The molecule has 0 aliphatic heterocycles. The highest BCUT2D eigenvalue weighted by Crippen LogP contribution is 2.25. The molecular formula is C13H13FIN3. The summed E-state index contributed by atoms with van der Waals surface area (Å²) in [7, 11) is 0. The Bertz CT molecular complexity index is 519. The monoisotopic (exact) mass is 357 g/mol. The van der Waals surface area contributed by atoms with E-state index in [9.17, 15) is 4.39 Å². The van der Waals surface area contributed by atoms with Gasteiger partial charge in [0.2, 0.25) is 0 Å². The summed E-state index contributed by atoms with van der Waals surface area (Å²) >= 11 is 2.14. The van der Waals surface area contributed by atoms with Crippen molar-refractivity contribution in [2.45, 2.75) is 13.0 Å². The maximum absolute atomic E-state index is 13.1. The summed E-state index contributed by atoms with van der Waals surface area (Å²) in [5.74, 6) is -0.224. The lowest BCUT2D eigenvalue weighted by molar-refractivity contribution is 0.600. The molecule has 0 aliphatic rings. The third-order valence-corrected chi connectivity index (χ3v) is 3.49. The van der Waals surface area contributed by atoms with Gasteiger partial charge in [0, 0.05) is 16.0 Å². The summed E-state index contributed by atoms with van der Waals surface area (Å²) in [5.41, 5.74) is 1.85. The van der Waals surface area contributed by atoms with Gasteiger partial charge >= 0.3 is 0 Å². The van der Waals surface area contributed by atoms with Crippen molar-refractivity contribution >= 4 is 22.6 Å². The van der Waals surface area contributed by atoms with Gasteiger partial charge in [-0.05, 0) is 46.8 Å². The minimum atomic E-state index is -0.224. The Kier molecular flexibility index (Phi) is 4.60. The van der Waals surface area contributed by atoms with Gasteiger partial charge in [0.1, 0.15) is 5.82 Å². The average molecular weight is 357 g/mol. The van der Waals surface area contributed by atoms with Crippen LogP contribution in [0.25, 0.3) is 0 Å². The lowest BCUT2D eigenvalue weighted by atomic mass is 10.0. The number of halogens is 2. The van der Waals surface area contributed by atoms with Gasteiger partial charge in [-0.1, -0.05) is 13.0 Å². The van der Waals surface area contributed by atoms with Gasteiger partial charge < -0.3 is 5.32 Å². The zero-order valence-corrected chi connectivity index (χ0v) is 12.1. The van der Waals surface area contributed by atoms with E-state index in [2.05, 4.69) is 37.9 Å². The Labute approximate surface area is 119 Å². The highest BCUT2D eigenvalue weighted by molar-refractivity contribution is 14.1. The van der Waals surface area contributed by atoms with Crippen LogP contribution in [-0.2, 0) is 0 Å². The molecule has 0 saturated heterocycles. The standard InChI is InChI=1S/C13H13FIN3/c1-2-17-13(12-8-16-5-6-18-12)10-4-3-9(14)7-11(10)15/h3-8,13,17H,2H2,1H3. The first-order valence-corrected chi connectivity index (χ1v) is 6.74. The van der Waals surface area contributed by atoms with Gasteiger partial charge in [-0.3, -0.25) is 9.97 Å². The van der Waals surface area contributed by atoms with Crippen molar-refractivity contribution in [3.05, 3.63) is 57.4 Å². The van der Waals surface area contributed by atoms with Crippen molar-refractivity contribution in [2.24, 2.45) is 0 Å². The molecule has 1 aromatic carbocycles. The van der Waals surface area contributed by atoms with Crippen LogP contribution in [0.5, 0.6) is 0 Å². The third kappa shape index (κ3) is 3.02. The van der Waals surface area contributed by atoms with Gasteiger partial charge in [-0.25, -0.2) is 4.39 Å². The van der Waals surface area contributed by atoms with Gasteiger partial charge in [0.05, 0.1) is 17.9 Å². The Morgan fingerprint density at radius 3 is 2.83 bits per heavy atom. The first-order chi connectivity index (χ1) is 8.72. The first-order valence-electron chi connectivity index (χ1n) is 5.66. The van der Waals surface area contributed by atoms with Crippen LogP contribution in [0.3, 0.4) is 0 Å². The zero-order chi connectivity index (χ0) is 13.0. The van der Waals surface area contributed by atoms with E-state index in [0.29, 0.717) is 0 Å². The molecule has 0 bridgehead atoms. The summed E-state index contributed by atoms with van der Waals surface area (Å²) in [6, 6.07) is 4.73. The highest BCUT2D eigenvalue weighted by Gasteiger charge is 2.17. The van der Waals surface area contributed by atoms with Crippen LogP contribution in [0.1, 0.15) is 24.2 Å². The normalized spacial score (nSPS) is 12.4. The van der Waals surface area contributed by atoms with E-state index < -0.39 is 0 Å². The molecule has 2 rings (SSSR count). The third-order valence-electron chi connectivity index (χ3n) is 2.56. The topological polar surface area (TPSA) is 37.8 Å². The maximum atomic E-state index is 13.1.